The molecular weight excluding hydrogens is 340 g/mol. The van der Waals surface area contributed by atoms with Gasteiger partial charge in [0.1, 0.15) is 6.33 Å². The molecule has 1 atom stereocenters. The second kappa shape index (κ2) is 7.70. The number of allylic oxidation sites excluding steroid dienone is 2. The SMILES string of the molecule is C=C/C=C(\C=C)C(Nc1cc(=O)n(O)c2ncnc(C)c12)c1ccccc1. The number of rotatable bonds is 6. The van der Waals surface area contributed by atoms with E-state index in [-0.39, 0.29) is 11.7 Å². The van der Waals surface area contributed by atoms with Crippen molar-refractivity contribution in [3.05, 3.63) is 101 Å². The van der Waals surface area contributed by atoms with Crippen LogP contribution in [-0.2, 0) is 0 Å². The average molecular weight is 360 g/mol. The Balaban J connectivity index is 2.22. The molecule has 0 aliphatic rings. The number of aryl methyl sites for hydroxylation is 1. The minimum absolute atomic E-state index is 0.150. The number of benzene rings is 1. The molecular formula is C21H20N4O2. The molecule has 2 aromatic heterocycles. The van der Waals surface area contributed by atoms with Crippen molar-refractivity contribution >= 4 is 16.7 Å². The van der Waals surface area contributed by atoms with Crippen LogP contribution < -0.4 is 10.9 Å². The highest BCUT2D eigenvalue weighted by Crippen LogP contribution is 2.30. The number of nitrogens with one attached hydrogen (secondary N) is 1. The third-order valence-corrected chi connectivity index (χ3v) is 4.28. The van der Waals surface area contributed by atoms with E-state index in [4.69, 9.17) is 0 Å². The molecule has 0 bridgehead atoms. The first-order valence-electron chi connectivity index (χ1n) is 8.40. The molecule has 0 fully saturated rings. The van der Waals surface area contributed by atoms with Gasteiger partial charge in [-0.2, -0.15) is 0 Å². The minimum atomic E-state index is -0.581. The van der Waals surface area contributed by atoms with Gasteiger partial charge in [-0.3, -0.25) is 4.79 Å². The van der Waals surface area contributed by atoms with Crippen LogP contribution in [0.4, 0.5) is 5.69 Å². The first kappa shape index (κ1) is 18.1. The van der Waals surface area contributed by atoms with Crippen molar-refractivity contribution in [1.29, 1.82) is 0 Å². The monoisotopic (exact) mass is 360 g/mol. The lowest BCUT2D eigenvalue weighted by Gasteiger charge is -2.23. The molecule has 0 aliphatic carbocycles. The van der Waals surface area contributed by atoms with Crippen molar-refractivity contribution in [3.63, 3.8) is 0 Å². The number of hydrogen-bond acceptors (Lipinski definition) is 5. The van der Waals surface area contributed by atoms with Gasteiger partial charge in [0.05, 0.1) is 22.8 Å². The van der Waals surface area contributed by atoms with Gasteiger partial charge in [-0.25, -0.2) is 9.97 Å². The van der Waals surface area contributed by atoms with E-state index in [1.165, 1.54) is 12.4 Å². The number of aromatic nitrogens is 3. The van der Waals surface area contributed by atoms with Crippen molar-refractivity contribution < 1.29 is 5.21 Å². The summed E-state index contributed by atoms with van der Waals surface area (Å²) < 4.78 is 0.528. The van der Waals surface area contributed by atoms with E-state index in [0.29, 0.717) is 21.5 Å². The highest BCUT2D eigenvalue weighted by atomic mass is 16.5. The maximum absolute atomic E-state index is 12.2. The predicted octanol–water partition coefficient (Wildman–Crippen LogP) is 3.79. The summed E-state index contributed by atoms with van der Waals surface area (Å²) in [5.41, 5.74) is 2.61. The molecule has 0 saturated heterocycles. The highest BCUT2D eigenvalue weighted by Gasteiger charge is 2.19. The van der Waals surface area contributed by atoms with Crippen molar-refractivity contribution in [1.82, 2.24) is 14.7 Å². The number of fused-ring (bicyclic) bond motifs is 1. The van der Waals surface area contributed by atoms with E-state index in [1.54, 1.807) is 19.1 Å². The van der Waals surface area contributed by atoms with E-state index in [2.05, 4.69) is 28.4 Å². The molecule has 0 spiro atoms. The Kier molecular flexibility index (Phi) is 5.17. The summed E-state index contributed by atoms with van der Waals surface area (Å²) in [5.74, 6) is 0. The smallest absolute Gasteiger partial charge is 0.286 e. The van der Waals surface area contributed by atoms with Crippen LogP contribution in [-0.4, -0.2) is 19.9 Å². The molecule has 27 heavy (non-hydrogen) atoms. The van der Waals surface area contributed by atoms with E-state index in [0.717, 1.165) is 11.1 Å². The van der Waals surface area contributed by atoms with Gasteiger partial charge < -0.3 is 10.5 Å². The molecule has 1 aromatic carbocycles. The van der Waals surface area contributed by atoms with E-state index >= 15 is 0 Å². The normalized spacial score (nSPS) is 12.6. The lowest BCUT2D eigenvalue weighted by atomic mass is 9.97. The van der Waals surface area contributed by atoms with Crippen LogP contribution in [0.5, 0.6) is 0 Å². The van der Waals surface area contributed by atoms with Gasteiger partial charge in [-0.1, -0.05) is 61.7 Å². The number of hydrogen-bond donors (Lipinski definition) is 2. The fraction of sp³-hybridized carbons (Fsp3) is 0.0952. The Morgan fingerprint density at radius 3 is 2.67 bits per heavy atom. The topological polar surface area (TPSA) is 80.0 Å². The largest absolute Gasteiger partial charge is 0.423 e. The molecule has 0 radical (unpaired) electrons. The fourth-order valence-electron chi connectivity index (χ4n) is 2.99. The van der Waals surface area contributed by atoms with Gasteiger partial charge in [0, 0.05) is 6.07 Å². The summed E-state index contributed by atoms with van der Waals surface area (Å²) in [5, 5.41) is 14.0. The zero-order valence-electron chi connectivity index (χ0n) is 15.0. The van der Waals surface area contributed by atoms with Gasteiger partial charge in [-0.15, -0.1) is 4.73 Å². The Labute approximate surface area is 156 Å². The fourth-order valence-corrected chi connectivity index (χ4v) is 2.99. The number of anilines is 1. The third-order valence-electron chi connectivity index (χ3n) is 4.28. The van der Waals surface area contributed by atoms with Gasteiger partial charge in [-0.05, 0) is 18.1 Å². The van der Waals surface area contributed by atoms with Crippen LogP contribution in [0.25, 0.3) is 11.0 Å². The zero-order chi connectivity index (χ0) is 19.4. The third kappa shape index (κ3) is 3.50. The zero-order valence-corrected chi connectivity index (χ0v) is 15.0. The van der Waals surface area contributed by atoms with Crippen LogP contribution in [0.3, 0.4) is 0 Å². The van der Waals surface area contributed by atoms with Crippen molar-refractivity contribution in [3.8, 4) is 0 Å². The van der Waals surface area contributed by atoms with Crippen LogP contribution >= 0.6 is 0 Å². The Hall–Kier alpha value is -3.67. The first-order chi connectivity index (χ1) is 13.1. The summed E-state index contributed by atoms with van der Waals surface area (Å²) in [6, 6.07) is 10.8. The Bertz CT molecular complexity index is 1080. The van der Waals surface area contributed by atoms with Crippen molar-refractivity contribution in [2.75, 3.05) is 5.32 Å². The van der Waals surface area contributed by atoms with E-state index < -0.39 is 5.56 Å². The summed E-state index contributed by atoms with van der Waals surface area (Å²) in [6.07, 6.45) is 6.60. The molecule has 136 valence electrons. The number of pyridine rings is 1. The molecule has 0 aliphatic heterocycles. The molecule has 6 nitrogen and oxygen atoms in total. The molecule has 6 heteroatoms. The highest BCUT2D eigenvalue weighted by molar-refractivity contribution is 5.91. The summed E-state index contributed by atoms with van der Waals surface area (Å²) in [7, 11) is 0. The predicted molar refractivity (Wildman–Crippen MR) is 107 cm³/mol. The maximum atomic E-state index is 12.2. The molecule has 3 rings (SSSR count). The van der Waals surface area contributed by atoms with E-state index in [1.807, 2.05) is 36.4 Å². The molecule has 2 heterocycles. The number of nitrogens with zero attached hydrogens (tertiary/aromatic N) is 3. The van der Waals surface area contributed by atoms with Crippen LogP contribution in [0, 0.1) is 6.92 Å². The summed E-state index contributed by atoms with van der Waals surface area (Å²) in [6.45, 7) is 9.45. The van der Waals surface area contributed by atoms with Crippen molar-refractivity contribution in [2.45, 2.75) is 13.0 Å². The molecule has 3 aromatic rings. The molecule has 0 saturated carbocycles. The lowest BCUT2D eigenvalue weighted by Crippen LogP contribution is -2.21. The maximum Gasteiger partial charge on any atom is 0.286 e. The summed E-state index contributed by atoms with van der Waals surface area (Å²) >= 11 is 0. The minimum Gasteiger partial charge on any atom is -0.423 e. The van der Waals surface area contributed by atoms with Gasteiger partial charge >= 0.3 is 0 Å². The quantitative estimate of drug-likeness (QED) is 0.516. The van der Waals surface area contributed by atoms with Crippen LogP contribution in [0.2, 0.25) is 0 Å². The lowest BCUT2D eigenvalue weighted by molar-refractivity contribution is 0.186. The van der Waals surface area contributed by atoms with Crippen molar-refractivity contribution in [2.24, 2.45) is 0 Å². The summed E-state index contributed by atoms with van der Waals surface area (Å²) in [4.78, 5) is 20.5. The van der Waals surface area contributed by atoms with Gasteiger partial charge in [0.25, 0.3) is 5.56 Å². The standard InChI is InChI=1S/C21H20N4O2/c1-4-9-15(5-2)20(16-10-7-6-8-11-16)24-17-12-18(26)25(27)21-19(17)14(3)22-13-23-21/h4-13,20,24,27H,1-2H2,3H3/b15-9+. The van der Waals surface area contributed by atoms with E-state index in [9.17, 15) is 10.0 Å². The molecule has 1 unspecified atom stereocenters. The van der Waals surface area contributed by atoms with Crippen LogP contribution in [0.15, 0.2) is 84.5 Å². The Morgan fingerprint density at radius 2 is 2.00 bits per heavy atom. The first-order valence-corrected chi connectivity index (χ1v) is 8.40. The average Bonchev–Trinajstić information content (AvgIpc) is 2.69. The molecule has 0 amide bonds. The second-order valence-corrected chi connectivity index (χ2v) is 5.96. The van der Waals surface area contributed by atoms with Gasteiger partial charge in [0.15, 0.2) is 5.65 Å². The molecule has 2 N–H and O–H groups in total. The van der Waals surface area contributed by atoms with Gasteiger partial charge in [0.2, 0.25) is 0 Å². The van der Waals surface area contributed by atoms with Crippen LogP contribution in [0.1, 0.15) is 17.3 Å². The Morgan fingerprint density at radius 1 is 1.26 bits per heavy atom. The second-order valence-electron chi connectivity index (χ2n) is 5.96.